The lowest BCUT2D eigenvalue weighted by Gasteiger charge is -1.97. The van der Waals surface area contributed by atoms with Gasteiger partial charge in [-0.25, -0.2) is 8.42 Å². The van der Waals surface area contributed by atoms with Gasteiger partial charge in [0.25, 0.3) is 0 Å². The van der Waals surface area contributed by atoms with Gasteiger partial charge in [-0.1, -0.05) is 43.3 Å². The van der Waals surface area contributed by atoms with Gasteiger partial charge in [0.2, 0.25) is 0 Å². The number of rotatable bonds is 3. The third kappa shape index (κ3) is 7.97. The van der Waals surface area contributed by atoms with Crippen molar-refractivity contribution in [3.05, 3.63) is 67.8 Å². The van der Waals surface area contributed by atoms with E-state index in [-0.39, 0.29) is 27.0 Å². The molecule has 0 spiro atoms. The number of hydrogen-bond acceptors (Lipinski definition) is 3. The predicted molar refractivity (Wildman–Crippen MR) is 70.5 cm³/mol. The van der Waals surface area contributed by atoms with Gasteiger partial charge in [0.1, 0.15) is 0 Å². The van der Waals surface area contributed by atoms with Crippen LogP contribution in [0.1, 0.15) is 6.92 Å². The molecule has 2 aromatic rings. The summed E-state index contributed by atoms with van der Waals surface area (Å²) in [6.07, 6.45) is 0. The van der Waals surface area contributed by atoms with Gasteiger partial charge < -0.3 is 4.55 Å². The molecule has 0 radical (unpaired) electrons. The SMILES string of the molecule is CCS(=O)(=O)[O-].c1ccc([I+]c2ccccc2)cc1. The minimum atomic E-state index is -3.91. The fraction of sp³-hybridized carbons (Fsp3) is 0.143. The minimum absolute atomic E-state index is 0.0287. The fourth-order valence-corrected chi connectivity index (χ4v) is 3.35. The van der Waals surface area contributed by atoms with Gasteiger partial charge >= 0.3 is 21.2 Å². The van der Waals surface area contributed by atoms with E-state index in [9.17, 15) is 13.0 Å². The molecule has 2 rings (SSSR count). The molecule has 19 heavy (non-hydrogen) atoms. The third-order valence-corrected chi connectivity index (χ3v) is 5.43. The van der Waals surface area contributed by atoms with Crippen molar-refractivity contribution in [2.45, 2.75) is 6.92 Å². The van der Waals surface area contributed by atoms with E-state index in [1.165, 1.54) is 14.1 Å². The van der Waals surface area contributed by atoms with Gasteiger partial charge in [-0.15, -0.1) is 0 Å². The average molecular weight is 390 g/mol. The quantitative estimate of drug-likeness (QED) is 0.518. The molecule has 5 heteroatoms. The van der Waals surface area contributed by atoms with Crippen LogP contribution in [0.3, 0.4) is 0 Å². The lowest BCUT2D eigenvalue weighted by molar-refractivity contribution is -0.597. The summed E-state index contributed by atoms with van der Waals surface area (Å²) < 4.78 is 31.3. The second-order valence-electron chi connectivity index (χ2n) is 3.53. The fourth-order valence-electron chi connectivity index (χ4n) is 1.08. The van der Waals surface area contributed by atoms with Gasteiger partial charge in [-0.2, -0.15) is 0 Å². The molecular weight excluding hydrogens is 375 g/mol. The Hall–Kier alpha value is -0.920. The first kappa shape index (κ1) is 16.1. The van der Waals surface area contributed by atoms with Crippen LogP contribution in [0.4, 0.5) is 0 Å². The van der Waals surface area contributed by atoms with Crippen molar-refractivity contribution in [2.75, 3.05) is 5.75 Å². The summed E-state index contributed by atoms with van der Waals surface area (Å²) in [4.78, 5) is 0. The van der Waals surface area contributed by atoms with Crippen molar-refractivity contribution < 1.29 is 34.2 Å². The van der Waals surface area contributed by atoms with E-state index in [0.29, 0.717) is 0 Å². The molecule has 0 unspecified atom stereocenters. The molecule has 0 aliphatic rings. The zero-order valence-electron chi connectivity index (χ0n) is 10.5. The molecule has 0 aliphatic heterocycles. The second kappa shape index (κ2) is 8.29. The molecular formula is C14H15IO3S. The maximum atomic E-state index is 9.44. The summed E-state index contributed by atoms with van der Waals surface area (Å²) in [6, 6.07) is 21.4. The molecule has 0 bridgehead atoms. The van der Waals surface area contributed by atoms with Crippen molar-refractivity contribution in [3.8, 4) is 0 Å². The topological polar surface area (TPSA) is 57.2 Å². The highest BCUT2D eigenvalue weighted by atomic mass is 127. The van der Waals surface area contributed by atoms with Crippen LogP contribution >= 0.6 is 0 Å². The highest BCUT2D eigenvalue weighted by Gasteiger charge is 2.12. The Labute approximate surface area is 124 Å². The monoisotopic (exact) mass is 390 g/mol. The van der Waals surface area contributed by atoms with E-state index in [2.05, 4.69) is 60.7 Å². The number of benzene rings is 2. The van der Waals surface area contributed by atoms with Crippen LogP contribution in [0.25, 0.3) is 0 Å². The Bertz CT molecular complexity index is 531. The summed E-state index contributed by atoms with van der Waals surface area (Å²) in [7, 11) is -3.91. The van der Waals surface area contributed by atoms with Crippen LogP contribution in [0.2, 0.25) is 0 Å². The van der Waals surface area contributed by atoms with Crippen molar-refractivity contribution in [3.63, 3.8) is 0 Å². The molecule has 102 valence electrons. The van der Waals surface area contributed by atoms with E-state index in [1.807, 2.05) is 0 Å². The Kier molecular flexibility index (Phi) is 7.04. The van der Waals surface area contributed by atoms with Gasteiger partial charge in [-0.3, -0.25) is 0 Å². The molecule has 0 amide bonds. The Morgan fingerprint density at radius 2 is 1.21 bits per heavy atom. The summed E-state index contributed by atoms with van der Waals surface area (Å²) in [5.74, 6) is -0.312. The molecule has 0 N–H and O–H groups in total. The van der Waals surface area contributed by atoms with Gasteiger partial charge in [-0.05, 0) is 24.3 Å². The molecule has 0 saturated heterocycles. The zero-order valence-corrected chi connectivity index (χ0v) is 13.5. The van der Waals surface area contributed by atoms with E-state index >= 15 is 0 Å². The molecule has 2 aromatic carbocycles. The normalized spacial score (nSPS) is 10.4. The van der Waals surface area contributed by atoms with Crippen LogP contribution in [0.5, 0.6) is 0 Å². The zero-order chi connectivity index (χ0) is 14.1. The average Bonchev–Trinajstić information content (AvgIpc) is 2.41. The van der Waals surface area contributed by atoms with Crippen molar-refractivity contribution in [2.24, 2.45) is 0 Å². The van der Waals surface area contributed by atoms with Crippen LogP contribution in [0.15, 0.2) is 60.7 Å². The standard InChI is InChI=1S/C12H10I.C2H6O3S/c1-3-7-11(8-4-1)13-12-9-5-2-6-10-12;1-2-6(3,4)5/h1-10H;2H2,1H3,(H,3,4,5)/q+1;/p-1. The van der Waals surface area contributed by atoms with Gasteiger partial charge in [0.15, 0.2) is 7.14 Å². The second-order valence-corrected chi connectivity index (χ2v) is 8.26. The summed E-state index contributed by atoms with van der Waals surface area (Å²) >= 11 is 0.0287. The van der Waals surface area contributed by atoms with Crippen LogP contribution < -0.4 is 21.2 Å². The summed E-state index contributed by atoms with van der Waals surface area (Å²) in [6.45, 7) is 1.31. The molecule has 0 saturated carbocycles. The van der Waals surface area contributed by atoms with Crippen LogP contribution in [0, 0.1) is 7.14 Å². The Morgan fingerprint density at radius 3 is 1.47 bits per heavy atom. The minimum Gasteiger partial charge on any atom is -0.748 e. The number of halogens is 1. The van der Waals surface area contributed by atoms with E-state index in [0.717, 1.165) is 0 Å². The van der Waals surface area contributed by atoms with E-state index in [1.54, 1.807) is 0 Å². The van der Waals surface area contributed by atoms with Crippen molar-refractivity contribution in [1.29, 1.82) is 0 Å². The third-order valence-electron chi connectivity index (χ3n) is 2.04. The molecule has 0 fully saturated rings. The van der Waals surface area contributed by atoms with Gasteiger partial charge in [0, 0.05) is 5.75 Å². The largest absolute Gasteiger partial charge is 0.748 e. The number of hydrogen-bond donors (Lipinski definition) is 0. The van der Waals surface area contributed by atoms with Crippen LogP contribution in [-0.2, 0) is 10.1 Å². The van der Waals surface area contributed by atoms with Crippen molar-refractivity contribution >= 4 is 10.1 Å². The Morgan fingerprint density at radius 1 is 0.895 bits per heavy atom. The molecule has 3 nitrogen and oxygen atoms in total. The first-order valence-corrected chi connectivity index (χ1v) is 9.43. The molecule has 0 aromatic heterocycles. The lowest BCUT2D eigenvalue weighted by atomic mass is 10.4. The Balaban J connectivity index is 0.000000258. The smallest absolute Gasteiger partial charge is 0.357 e. The molecule has 0 atom stereocenters. The summed E-state index contributed by atoms with van der Waals surface area (Å²) in [5.41, 5.74) is 0. The maximum Gasteiger partial charge on any atom is 0.357 e. The highest BCUT2D eigenvalue weighted by Crippen LogP contribution is 1.85. The summed E-state index contributed by atoms with van der Waals surface area (Å²) in [5, 5.41) is 0. The van der Waals surface area contributed by atoms with Crippen molar-refractivity contribution in [1.82, 2.24) is 0 Å². The van der Waals surface area contributed by atoms with Gasteiger partial charge in [0.05, 0.1) is 10.1 Å². The first-order valence-electron chi connectivity index (χ1n) is 5.70. The molecule has 0 aliphatic carbocycles. The molecule has 0 heterocycles. The predicted octanol–water partition coefficient (Wildman–Crippen LogP) is -0.633. The first-order chi connectivity index (χ1) is 9.01. The maximum absolute atomic E-state index is 9.44. The highest BCUT2D eigenvalue weighted by molar-refractivity contribution is 7.85. The van der Waals surface area contributed by atoms with E-state index < -0.39 is 10.1 Å². The van der Waals surface area contributed by atoms with E-state index in [4.69, 9.17) is 0 Å². The lowest BCUT2D eigenvalue weighted by Crippen LogP contribution is -3.61. The van der Waals surface area contributed by atoms with Crippen LogP contribution in [-0.4, -0.2) is 18.7 Å².